The maximum atomic E-state index is 12.3. The van der Waals surface area contributed by atoms with Crippen LogP contribution in [0.3, 0.4) is 0 Å². The monoisotopic (exact) mass is 247 g/mol. The molecular weight excluding hydrogens is 235 g/mol. The van der Waals surface area contributed by atoms with E-state index in [-0.39, 0.29) is 0 Å². The Morgan fingerprint density at radius 1 is 1.29 bits per heavy atom. The lowest BCUT2D eigenvalue weighted by molar-refractivity contribution is -0.141. The summed E-state index contributed by atoms with van der Waals surface area (Å²) in [5, 5.41) is 16.2. The molecule has 1 aromatic heterocycles. The molecule has 0 aromatic carbocycles. The fourth-order valence-electron chi connectivity index (χ4n) is 1.81. The molecule has 2 heterocycles. The minimum absolute atomic E-state index is 0.372. The molecule has 1 saturated heterocycles. The van der Waals surface area contributed by atoms with E-state index in [0.717, 1.165) is 12.5 Å². The summed E-state index contributed by atoms with van der Waals surface area (Å²) in [6.45, 7) is 1.07. The number of β-amino-alcohol motifs (C(OH)–C–C–N with tert-alkyl or cyclic N) is 1. The second kappa shape index (κ2) is 4.48. The van der Waals surface area contributed by atoms with Crippen molar-refractivity contribution in [3.8, 4) is 0 Å². The van der Waals surface area contributed by atoms with Gasteiger partial charge in [0.25, 0.3) is 0 Å². The normalized spacial score (nSPS) is 21.6. The zero-order chi connectivity index (χ0) is 12.5. The molecule has 1 aromatic rings. The lowest BCUT2D eigenvalue weighted by Gasteiger charge is -2.30. The van der Waals surface area contributed by atoms with E-state index in [9.17, 15) is 18.3 Å². The largest absolute Gasteiger partial charge is 0.435 e. The third kappa shape index (κ3) is 2.85. The Morgan fingerprint density at radius 3 is 2.59 bits per heavy atom. The van der Waals surface area contributed by atoms with Crippen molar-refractivity contribution in [2.24, 2.45) is 0 Å². The topological polar surface area (TPSA) is 49.2 Å². The molecule has 4 nitrogen and oxygen atoms in total. The van der Waals surface area contributed by atoms with Crippen molar-refractivity contribution >= 4 is 5.82 Å². The number of piperidine rings is 1. The van der Waals surface area contributed by atoms with Crippen LogP contribution < -0.4 is 4.90 Å². The van der Waals surface area contributed by atoms with E-state index in [2.05, 4.69) is 10.2 Å². The van der Waals surface area contributed by atoms with Gasteiger partial charge in [0.1, 0.15) is 0 Å². The second-order valence-electron chi connectivity index (χ2n) is 4.02. The number of alkyl halides is 3. The average Bonchev–Trinajstić information content (AvgIpc) is 2.28. The van der Waals surface area contributed by atoms with Crippen LogP contribution in [-0.4, -0.2) is 34.5 Å². The number of rotatable bonds is 1. The Morgan fingerprint density at radius 2 is 2.06 bits per heavy atom. The summed E-state index contributed by atoms with van der Waals surface area (Å²) in [6.07, 6.45) is -3.41. The molecule has 1 atom stereocenters. The minimum Gasteiger partial charge on any atom is -0.391 e. The summed E-state index contributed by atoms with van der Waals surface area (Å²) in [5.74, 6) is 0.372. The number of halogens is 3. The zero-order valence-corrected chi connectivity index (χ0v) is 8.98. The maximum Gasteiger partial charge on any atom is 0.435 e. The number of nitrogens with zero attached hydrogens (tertiary/aromatic N) is 3. The molecule has 0 aliphatic carbocycles. The first-order chi connectivity index (χ1) is 7.97. The van der Waals surface area contributed by atoms with Gasteiger partial charge in [-0.3, -0.25) is 0 Å². The van der Waals surface area contributed by atoms with Crippen LogP contribution in [0.5, 0.6) is 0 Å². The van der Waals surface area contributed by atoms with Crippen molar-refractivity contribution in [3.05, 3.63) is 17.8 Å². The van der Waals surface area contributed by atoms with E-state index >= 15 is 0 Å². The molecule has 0 saturated carbocycles. The van der Waals surface area contributed by atoms with E-state index in [1.807, 2.05) is 0 Å². The van der Waals surface area contributed by atoms with Crippen molar-refractivity contribution < 1.29 is 18.3 Å². The fraction of sp³-hybridized carbons (Fsp3) is 0.600. The Balaban J connectivity index is 2.12. The standard InChI is InChI=1S/C10H12F3N3O/c11-10(12,13)8-3-4-9(15-14-8)16-5-1-2-7(17)6-16/h3-4,7,17H,1-2,5-6H2/t7-/m0/s1. The average molecular weight is 247 g/mol. The van der Waals surface area contributed by atoms with Gasteiger partial charge in [-0.2, -0.15) is 13.2 Å². The van der Waals surface area contributed by atoms with Gasteiger partial charge in [-0.25, -0.2) is 0 Å². The van der Waals surface area contributed by atoms with Crippen LogP contribution in [0.4, 0.5) is 19.0 Å². The summed E-state index contributed by atoms with van der Waals surface area (Å²) in [4.78, 5) is 1.74. The highest BCUT2D eigenvalue weighted by atomic mass is 19.4. The van der Waals surface area contributed by atoms with Gasteiger partial charge < -0.3 is 10.0 Å². The number of aromatic nitrogens is 2. The first-order valence-electron chi connectivity index (χ1n) is 5.31. The van der Waals surface area contributed by atoms with Crippen LogP contribution in [0, 0.1) is 0 Å². The molecule has 1 aliphatic rings. The number of hydrogen-bond acceptors (Lipinski definition) is 4. The van der Waals surface area contributed by atoms with Crippen molar-refractivity contribution in [2.75, 3.05) is 18.0 Å². The highest BCUT2D eigenvalue weighted by Crippen LogP contribution is 2.27. The third-order valence-corrected chi connectivity index (χ3v) is 2.66. The molecule has 7 heteroatoms. The summed E-state index contributed by atoms with van der Waals surface area (Å²) in [5.41, 5.74) is -1.00. The zero-order valence-electron chi connectivity index (χ0n) is 8.98. The Kier molecular flexibility index (Phi) is 3.19. The lowest BCUT2D eigenvalue weighted by atomic mass is 10.1. The van der Waals surface area contributed by atoms with E-state index in [4.69, 9.17) is 0 Å². The van der Waals surface area contributed by atoms with Crippen LogP contribution >= 0.6 is 0 Å². The smallest absolute Gasteiger partial charge is 0.391 e. The molecule has 1 aliphatic heterocycles. The summed E-state index contributed by atoms with van der Waals surface area (Å²) in [6, 6.07) is 2.19. The quantitative estimate of drug-likeness (QED) is 0.816. The number of aliphatic hydroxyl groups excluding tert-OH is 1. The Hall–Kier alpha value is -1.37. The minimum atomic E-state index is -4.47. The molecule has 1 fully saturated rings. The van der Waals surface area contributed by atoms with Crippen LogP contribution in [0.2, 0.25) is 0 Å². The lowest BCUT2D eigenvalue weighted by Crippen LogP contribution is -2.38. The van der Waals surface area contributed by atoms with Gasteiger partial charge in [0.05, 0.1) is 6.10 Å². The van der Waals surface area contributed by atoms with Gasteiger partial charge in [0.2, 0.25) is 0 Å². The third-order valence-electron chi connectivity index (χ3n) is 2.66. The molecule has 2 rings (SSSR count). The SMILES string of the molecule is O[C@H]1CCCN(c2ccc(C(F)(F)F)nn2)C1. The fourth-order valence-corrected chi connectivity index (χ4v) is 1.81. The predicted octanol–water partition coefficient (Wildman–Crippen LogP) is 1.46. The van der Waals surface area contributed by atoms with Gasteiger partial charge >= 0.3 is 6.18 Å². The van der Waals surface area contributed by atoms with Gasteiger partial charge in [-0.1, -0.05) is 0 Å². The van der Waals surface area contributed by atoms with E-state index < -0.39 is 18.0 Å². The molecule has 0 bridgehead atoms. The summed E-state index contributed by atoms with van der Waals surface area (Å²) in [7, 11) is 0. The molecule has 0 unspecified atom stereocenters. The molecule has 0 amide bonds. The summed E-state index contributed by atoms with van der Waals surface area (Å²) >= 11 is 0. The van der Waals surface area contributed by atoms with E-state index in [1.165, 1.54) is 6.07 Å². The van der Waals surface area contributed by atoms with Gasteiger partial charge in [-0.05, 0) is 25.0 Å². The van der Waals surface area contributed by atoms with Crippen LogP contribution in [0.25, 0.3) is 0 Å². The Labute approximate surface area is 96.1 Å². The molecule has 17 heavy (non-hydrogen) atoms. The van der Waals surface area contributed by atoms with Crippen molar-refractivity contribution in [3.63, 3.8) is 0 Å². The van der Waals surface area contributed by atoms with Gasteiger partial charge in [0.15, 0.2) is 11.5 Å². The van der Waals surface area contributed by atoms with Gasteiger partial charge in [0, 0.05) is 13.1 Å². The van der Waals surface area contributed by atoms with Crippen LogP contribution in [0.15, 0.2) is 12.1 Å². The van der Waals surface area contributed by atoms with Crippen molar-refractivity contribution in [1.82, 2.24) is 10.2 Å². The number of aliphatic hydroxyl groups is 1. The van der Waals surface area contributed by atoms with Crippen LogP contribution in [0.1, 0.15) is 18.5 Å². The number of hydrogen-bond donors (Lipinski definition) is 1. The molecule has 0 spiro atoms. The first kappa shape index (κ1) is 12.1. The first-order valence-corrected chi connectivity index (χ1v) is 5.31. The molecular formula is C10H12F3N3O. The van der Waals surface area contributed by atoms with Gasteiger partial charge in [-0.15, -0.1) is 10.2 Å². The van der Waals surface area contributed by atoms with Crippen molar-refractivity contribution in [1.29, 1.82) is 0 Å². The Bertz CT molecular complexity index is 379. The highest BCUT2D eigenvalue weighted by Gasteiger charge is 2.33. The van der Waals surface area contributed by atoms with E-state index in [1.54, 1.807) is 4.90 Å². The summed E-state index contributed by atoms with van der Waals surface area (Å²) < 4.78 is 36.8. The number of anilines is 1. The predicted molar refractivity (Wildman–Crippen MR) is 54.5 cm³/mol. The second-order valence-corrected chi connectivity index (χ2v) is 4.02. The molecule has 0 radical (unpaired) electrons. The van der Waals surface area contributed by atoms with E-state index in [0.29, 0.717) is 25.3 Å². The van der Waals surface area contributed by atoms with Crippen molar-refractivity contribution in [2.45, 2.75) is 25.1 Å². The molecule has 1 N–H and O–H groups in total. The maximum absolute atomic E-state index is 12.3. The van der Waals surface area contributed by atoms with Crippen LogP contribution in [-0.2, 0) is 6.18 Å². The highest BCUT2D eigenvalue weighted by molar-refractivity contribution is 5.38. The molecule has 94 valence electrons.